The third-order valence-electron chi connectivity index (χ3n) is 2.07. The molecule has 1 amide bonds. The number of carbonyl (C=O) groups is 1. The first-order valence-electron chi connectivity index (χ1n) is 3.49. The van der Waals surface area contributed by atoms with E-state index in [1.54, 1.807) is 11.9 Å². The third kappa shape index (κ3) is 1.13. The molecule has 0 heterocycles. The standard InChI is InChI=1S/C8H11NO/c1-3-8(10)9(2)7-5-4-6-7/h1,7H,4-6H2,2H3. The van der Waals surface area contributed by atoms with Crippen LogP contribution in [0.15, 0.2) is 0 Å². The Kier molecular flexibility index (Phi) is 1.96. The van der Waals surface area contributed by atoms with Gasteiger partial charge < -0.3 is 4.90 Å². The number of carbonyl (C=O) groups excluding carboxylic acids is 1. The second-order valence-electron chi connectivity index (χ2n) is 2.65. The number of hydrogen-bond donors (Lipinski definition) is 0. The SMILES string of the molecule is C#CC(=O)N(C)C1CCC1. The number of hydrogen-bond acceptors (Lipinski definition) is 1. The van der Waals surface area contributed by atoms with Crippen molar-refractivity contribution < 1.29 is 4.79 Å². The summed E-state index contributed by atoms with van der Waals surface area (Å²) in [5.41, 5.74) is 0. The summed E-state index contributed by atoms with van der Waals surface area (Å²) in [6.07, 6.45) is 8.41. The van der Waals surface area contributed by atoms with Crippen molar-refractivity contribution in [3.05, 3.63) is 0 Å². The molecule has 0 unspecified atom stereocenters. The Morgan fingerprint density at radius 3 is 2.60 bits per heavy atom. The number of rotatable bonds is 1. The number of amides is 1. The van der Waals surface area contributed by atoms with Crippen molar-refractivity contribution in [3.8, 4) is 12.3 Å². The van der Waals surface area contributed by atoms with Gasteiger partial charge in [-0.1, -0.05) is 0 Å². The minimum atomic E-state index is -0.190. The number of nitrogens with zero attached hydrogens (tertiary/aromatic N) is 1. The molecule has 0 N–H and O–H groups in total. The fraction of sp³-hybridized carbons (Fsp3) is 0.625. The normalized spacial score (nSPS) is 17.2. The largest absolute Gasteiger partial charge is 0.332 e. The maximum Gasteiger partial charge on any atom is 0.298 e. The molecular weight excluding hydrogens is 126 g/mol. The van der Waals surface area contributed by atoms with E-state index in [0.29, 0.717) is 6.04 Å². The van der Waals surface area contributed by atoms with E-state index < -0.39 is 0 Å². The summed E-state index contributed by atoms with van der Waals surface area (Å²) in [4.78, 5) is 12.5. The molecule has 0 radical (unpaired) electrons. The van der Waals surface area contributed by atoms with Crippen molar-refractivity contribution in [2.24, 2.45) is 0 Å². The van der Waals surface area contributed by atoms with Gasteiger partial charge in [-0.15, -0.1) is 6.42 Å². The quantitative estimate of drug-likeness (QED) is 0.485. The minimum Gasteiger partial charge on any atom is -0.332 e. The highest BCUT2D eigenvalue weighted by Crippen LogP contribution is 2.23. The van der Waals surface area contributed by atoms with Crippen LogP contribution in [0.2, 0.25) is 0 Å². The highest BCUT2D eigenvalue weighted by Gasteiger charge is 2.24. The van der Waals surface area contributed by atoms with Crippen LogP contribution in [0, 0.1) is 12.3 Å². The van der Waals surface area contributed by atoms with Crippen molar-refractivity contribution in [3.63, 3.8) is 0 Å². The van der Waals surface area contributed by atoms with Crippen molar-refractivity contribution in [2.45, 2.75) is 25.3 Å². The summed E-state index contributed by atoms with van der Waals surface area (Å²) >= 11 is 0. The van der Waals surface area contributed by atoms with E-state index in [0.717, 1.165) is 12.8 Å². The van der Waals surface area contributed by atoms with Crippen LogP contribution in [0.4, 0.5) is 0 Å². The Balaban J connectivity index is 2.41. The number of terminal acetylenes is 1. The Labute approximate surface area is 61.2 Å². The Bertz CT molecular complexity index is 176. The fourth-order valence-corrected chi connectivity index (χ4v) is 1.04. The first-order chi connectivity index (χ1) is 4.75. The third-order valence-corrected chi connectivity index (χ3v) is 2.07. The van der Waals surface area contributed by atoms with Gasteiger partial charge in [-0.2, -0.15) is 0 Å². The van der Waals surface area contributed by atoms with Crippen LogP contribution in [0.5, 0.6) is 0 Å². The molecule has 2 nitrogen and oxygen atoms in total. The maximum absolute atomic E-state index is 10.8. The van der Waals surface area contributed by atoms with E-state index in [2.05, 4.69) is 5.92 Å². The van der Waals surface area contributed by atoms with E-state index in [1.807, 2.05) is 0 Å². The molecule has 0 bridgehead atoms. The van der Waals surface area contributed by atoms with Crippen LogP contribution in [-0.4, -0.2) is 23.9 Å². The lowest BCUT2D eigenvalue weighted by atomic mass is 9.92. The van der Waals surface area contributed by atoms with Gasteiger partial charge in [0.2, 0.25) is 0 Å². The summed E-state index contributed by atoms with van der Waals surface area (Å²) in [5, 5.41) is 0. The topological polar surface area (TPSA) is 20.3 Å². The van der Waals surface area contributed by atoms with Gasteiger partial charge in [-0.3, -0.25) is 4.79 Å². The molecule has 0 aromatic rings. The molecule has 1 saturated carbocycles. The average Bonchev–Trinajstić information content (AvgIpc) is 1.82. The van der Waals surface area contributed by atoms with Crippen molar-refractivity contribution in [1.82, 2.24) is 4.90 Å². The summed E-state index contributed by atoms with van der Waals surface area (Å²) in [5.74, 6) is 1.91. The van der Waals surface area contributed by atoms with Crippen LogP contribution in [0.3, 0.4) is 0 Å². The second kappa shape index (κ2) is 2.74. The summed E-state index contributed by atoms with van der Waals surface area (Å²) in [7, 11) is 1.77. The van der Waals surface area contributed by atoms with Gasteiger partial charge in [0.15, 0.2) is 0 Å². The average molecular weight is 137 g/mol. The first kappa shape index (κ1) is 7.14. The zero-order chi connectivity index (χ0) is 7.56. The first-order valence-corrected chi connectivity index (χ1v) is 3.49. The van der Waals surface area contributed by atoms with Crippen LogP contribution in [0.1, 0.15) is 19.3 Å². The highest BCUT2D eigenvalue weighted by molar-refractivity contribution is 5.92. The molecule has 54 valence electrons. The summed E-state index contributed by atoms with van der Waals surface area (Å²) in [6, 6.07) is 0.420. The Morgan fingerprint density at radius 2 is 2.30 bits per heavy atom. The van der Waals surface area contributed by atoms with Crippen molar-refractivity contribution in [2.75, 3.05) is 7.05 Å². The lowest BCUT2D eigenvalue weighted by molar-refractivity contribution is -0.127. The molecule has 0 aromatic heterocycles. The fourth-order valence-electron chi connectivity index (χ4n) is 1.04. The van der Waals surface area contributed by atoms with Gasteiger partial charge in [0.25, 0.3) is 5.91 Å². The van der Waals surface area contributed by atoms with Crippen LogP contribution in [-0.2, 0) is 4.79 Å². The van der Waals surface area contributed by atoms with Gasteiger partial charge in [-0.25, -0.2) is 0 Å². The molecule has 0 atom stereocenters. The molecule has 1 rings (SSSR count). The van der Waals surface area contributed by atoms with Gasteiger partial charge in [-0.05, 0) is 25.2 Å². The minimum absolute atomic E-state index is 0.190. The smallest absolute Gasteiger partial charge is 0.298 e. The van der Waals surface area contributed by atoms with Crippen LogP contribution >= 0.6 is 0 Å². The predicted octanol–water partition coefficient (Wildman–Crippen LogP) is 0.631. The monoisotopic (exact) mass is 137 g/mol. The van der Waals surface area contributed by atoms with Crippen molar-refractivity contribution in [1.29, 1.82) is 0 Å². The van der Waals surface area contributed by atoms with E-state index >= 15 is 0 Å². The molecule has 0 aromatic carbocycles. The highest BCUT2D eigenvalue weighted by atomic mass is 16.2. The summed E-state index contributed by atoms with van der Waals surface area (Å²) in [6.45, 7) is 0. The van der Waals surface area contributed by atoms with Crippen LogP contribution < -0.4 is 0 Å². The van der Waals surface area contributed by atoms with Gasteiger partial charge >= 0.3 is 0 Å². The van der Waals surface area contributed by atoms with E-state index in [4.69, 9.17) is 6.42 Å². The molecule has 0 spiro atoms. The van der Waals surface area contributed by atoms with Gasteiger partial charge in [0.1, 0.15) is 0 Å². The molecule has 2 heteroatoms. The molecule has 1 fully saturated rings. The van der Waals surface area contributed by atoms with Crippen LogP contribution in [0.25, 0.3) is 0 Å². The predicted molar refractivity (Wildman–Crippen MR) is 39.2 cm³/mol. The summed E-state index contributed by atoms with van der Waals surface area (Å²) < 4.78 is 0. The maximum atomic E-state index is 10.8. The zero-order valence-corrected chi connectivity index (χ0v) is 6.13. The van der Waals surface area contributed by atoms with E-state index in [9.17, 15) is 4.79 Å². The Morgan fingerprint density at radius 1 is 1.70 bits per heavy atom. The van der Waals surface area contributed by atoms with E-state index in [-0.39, 0.29) is 5.91 Å². The Hall–Kier alpha value is -0.970. The molecule has 10 heavy (non-hydrogen) atoms. The van der Waals surface area contributed by atoms with Crippen molar-refractivity contribution >= 4 is 5.91 Å². The molecule has 1 aliphatic rings. The second-order valence-corrected chi connectivity index (χ2v) is 2.65. The lowest BCUT2D eigenvalue weighted by Gasteiger charge is -2.33. The molecule has 1 aliphatic carbocycles. The lowest BCUT2D eigenvalue weighted by Crippen LogP contribution is -2.40. The van der Waals surface area contributed by atoms with E-state index in [1.165, 1.54) is 6.42 Å². The van der Waals surface area contributed by atoms with Gasteiger partial charge in [0.05, 0.1) is 0 Å². The molecular formula is C8H11NO. The zero-order valence-electron chi connectivity index (χ0n) is 6.13. The van der Waals surface area contributed by atoms with Gasteiger partial charge in [0, 0.05) is 13.1 Å². The molecule has 0 saturated heterocycles. The molecule has 0 aliphatic heterocycles.